The quantitative estimate of drug-likeness (QED) is 0.377. The Bertz CT molecular complexity index is 1290. The first-order valence-electron chi connectivity index (χ1n) is 12.0. The van der Waals surface area contributed by atoms with Crippen molar-refractivity contribution in [2.45, 2.75) is 58.0 Å². The molecule has 1 aliphatic carbocycles. The highest BCUT2D eigenvalue weighted by Crippen LogP contribution is 2.35. The molecule has 0 spiro atoms. The SMILES string of the molecule is CCCS(=O)(=O)Nc1cc(C)c(Oc2ncccc2-c2ccnc(N[C@H]3CC[C@H](N)CC3)n2)c(F)c1. The minimum absolute atomic E-state index is 0.0423. The summed E-state index contributed by atoms with van der Waals surface area (Å²) in [5.74, 6) is -0.130. The van der Waals surface area contributed by atoms with Gasteiger partial charge >= 0.3 is 0 Å². The van der Waals surface area contributed by atoms with Crippen LogP contribution in [-0.4, -0.2) is 41.2 Å². The Labute approximate surface area is 210 Å². The van der Waals surface area contributed by atoms with Crippen LogP contribution in [-0.2, 0) is 10.0 Å². The molecule has 36 heavy (non-hydrogen) atoms. The Balaban J connectivity index is 1.56. The Morgan fingerprint density at radius 3 is 2.64 bits per heavy atom. The summed E-state index contributed by atoms with van der Waals surface area (Å²) in [5.41, 5.74) is 7.70. The average molecular weight is 515 g/mol. The summed E-state index contributed by atoms with van der Waals surface area (Å²) in [6.45, 7) is 3.40. The van der Waals surface area contributed by atoms with Gasteiger partial charge in [-0.3, -0.25) is 4.72 Å². The normalized spacial score (nSPS) is 18.0. The first-order valence-corrected chi connectivity index (χ1v) is 13.7. The highest BCUT2D eigenvalue weighted by atomic mass is 32.2. The van der Waals surface area contributed by atoms with Gasteiger partial charge < -0.3 is 15.8 Å². The van der Waals surface area contributed by atoms with Gasteiger partial charge in [0.05, 0.1) is 22.7 Å². The molecule has 1 saturated carbocycles. The third kappa shape index (κ3) is 6.46. The highest BCUT2D eigenvalue weighted by Gasteiger charge is 2.20. The number of hydrogen-bond donors (Lipinski definition) is 3. The van der Waals surface area contributed by atoms with E-state index in [9.17, 15) is 8.42 Å². The summed E-state index contributed by atoms with van der Waals surface area (Å²) in [6, 6.07) is 8.40. The van der Waals surface area contributed by atoms with Crippen molar-refractivity contribution in [3.63, 3.8) is 0 Å². The minimum Gasteiger partial charge on any atom is -0.435 e. The summed E-state index contributed by atoms with van der Waals surface area (Å²) in [6.07, 6.45) is 7.49. The fraction of sp³-hybridized carbons (Fsp3) is 0.400. The number of ether oxygens (including phenoxy) is 1. The Hall–Kier alpha value is -3.31. The van der Waals surface area contributed by atoms with Gasteiger partial charge in [0.1, 0.15) is 0 Å². The van der Waals surface area contributed by atoms with Crippen molar-refractivity contribution in [2.75, 3.05) is 15.8 Å². The summed E-state index contributed by atoms with van der Waals surface area (Å²) >= 11 is 0. The summed E-state index contributed by atoms with van der Waals surface area (Å²) < 4.78 is 47.5. The van der Waals surface area contributed by atoms with Crippen molar-refractivity contribution in [3.05, 3.63) is 54.1 Å². The molecule has 192 valence electrons. The smallest absolute Gasteiger partial charge is 0.232 e. The zero-order valence-corrected chi connectivity index (χ0v) is 21.2. The van der Waals surface area contributed by atoms with Crippen LogP contribution in [0.5, 0.6) is 11.6 Å². The van der Waals surface area contributed by atoms with Gasteiger partial charge in [-0.15, -0.1) is 0 Å². The summed E-state index contributed by atoms with van der Waals surface area (Å²) in [7, 11) is -3.55. The van der Waals surface area contributed by atoms with Gasteiger partial charge in [-0.1, -0.05) is 6.92 Å². The molecule has 0 aliphatic heterocycles. The van der Waals surface area contributed by atoms with Crippen LogP contribution in [0.3, 0.4) is 0 Å². The lowest BCUT2D eigenvalue weighted by atomic mass is 9.92. The number of aryl methyl sites for hydroxylation is 1. The fourth-order valence-corrected chi connectivity index (χ4v) is 5.32. The molecule has 0 unspecified atom stereocenters. The van der Waals surface area contributed by atoms with E-state index in [1.807, 2.05) is 0 Å². The van der Waals surface area contributed by atoms with E-state index in [1.54, 1.807) is 44.4 Å². The minimum atomic E-state index is -3.55. The number of benzene rings is 1. The van der Waals surface area contributed by atoms with Crippen molar-refractivity contribution in [3.8, 4) is 22.9 Å². The number of rotatable bonds is 9. The van der Waals surface area contributed by atoms with Crippen LogP contribution in [0.25, 0.3) is 11.3 Å². The number of pyridine rings is 1. The molecular weight excluding hydrogens is 483 g/mol. The zero-order valence-electron chi connectivity index (χ0n) is 20.4. The van der Waals surface area contributed by atoms with Gasteiger partial charge in [-0.05, 0) is 68.9 Å². The topological polar surface area (TPSA) is 132 Å². The lowest BCUT2D eigenvalue weighted by Gasteiger charge is -2.26. The molecule has 0 atom stereocenters. The number of halogens is 1. The molecule has 0 saturated heterocycles. The van der Waals surface area contributed by atoms with E-state index in [0.29, 0.717) is 29.2 Å². The van der Waals surface area contributed by atoms with Crippen molar-refractivity contribution < 1.29 is 17.5 Å². The van der Waals surface area contributed by atoms with Crippen molar-refractivity contribution >= 4 is 21.7 Å². The van der Waals surface area contributed by atoms with Crippen LogP contribution in [0.15, 0.2) is 42.7 Å². The number of aromatic nitrogens is 3. The molecule has 2 aromatic heterocycles. The maximum absolute atomic E-state index is 15.0. The number of anilines is 2. The number of nitrogens with zero attached hydrogens (tertiary/aromatic N) is 3. The molecule has 4 N–H and O–H groups in total. The van der Waals surface area contributed by atoms with Crippen molar-refractivity contribution in [1.82, 2.24) is 15.0 Å². The van der Waals surface area contributed by atoms with Gasteiger partial charge in [0.15, 0.2) is 11.6 Å². The third-order valence-corrected chi connectivity index (χ3v) is 7.47. The maximum Gasteiger partial charge on any atom is 0.232 e. The predicted octanol–water partition coefficient (Wildman–Crippen LogP) is 4.61. The van der Waals surface area contributed by atoms with Crippen LogP contribution in [0.1, 0.15) is 44.6 Å². The van der Waals surface area contributed by atoms with Crippen LogP contribution in [0, 0.1) is 12.7 Å². The lowest BCUT2D eigenvalue weighted by molar-refractivity contribution is 0.410. The highest BCUT2D eigenvalue weighted by molar-refractivity contribution is 7.92. The molecule has 1 fully saturated rings. The van der Waals surface area contributed by atoms with Gasteiger partial charge in [0.25, 0.3) is 0 Å². The fourth-order valence-electron chi connectivity index (χ4n) is 4.21. The van der Waals surface area contributed by atoms with Crippen molar-refractivity contribution in [2.24, 2.45) is 5.73 Å². The molecule has 1 aliphatic rings. The molecule has 3 aromatic rings. The third-order valence-electron chi connectivity index (χ3n) is 5.98. The largest absolute Gasteiger partial charge is 0.435 e. The summed E-state index contributed by atoms with van der Waals surface area (Å²) in [4.78, 5) is 13.3. The van der Waals surface area contributed by atoms with E-state index in [-0.39, 0.29) is 35.2 Å². The second kappa shape index (κ2) is 11.2. The maximum atomic E-state index is 15.0. The average Bonchev–Trinajstić information content (AvgIpc) is 2.83. The zero-order chi connectivity index (χ0) is 25.7. The standard InChI is InChI=1S/C25H31FN6O3S/c1-3-13-36(33,34)32-19-14-16(2)23(21(26)15-19)35-24-20(5-4-11-28-24)22-10-12-29-25(31-22)30-18-8-6-17(27)7-9-18/h4-5,10-12,14-15,17-18,32H,3,6-9,13,27H2,1-2H3,(H,29,30,31)/t17-,18-. The van der Waals surface area contributed by atoms with Gasteiger partial charge in [-0.25, -0.2) is 27.8 Å². The molecule has 1 aromatic carbocycles. The van der Waals surface area contributed by atoms with Gasteiger partial charge in [0.2, 0.25) is 21.9 Å². The van der Waals surface area contributed by atoms with Gasteiger partial charge in [0, 0.05) is 30.5 Å². The van der Waals surface area contributed by atoms with E-state index in [1.165, 1.54) is 6.07 Å². The van der Waals surface area contributed by atoms with E-state index >= 15 is 4.39 Å². The molecule has 0 bridgehead atoms. The molecule has 2 heterocycles. The molecular formula is C25H31FN6O3S. The molecule has 11 heteroatoms. The number of hydrogen-bond acceptors (Lipinski definition) is 8. The van der Waals surface area contributed by atoms with Gasteiger partial charge in [-0.2, -0.15) is 0 Å². The molecule has 4 rings (SSSR count). The Morgan fingerprint density at radius 1 is 1.14 bits per heavy atom. The molecule has 0 radical (unpaired) electrons. The number of nitrogens with one attached hydrogen (secondary N) is 2. The first-order chi connectivity index (χ1) is 17.2. The first kappa shape index (κ1) is 25.8. The molecule has 9 nitrogen and oxygen atoms in total. The van der Waals surface area contributed by atoms with Crippen LogP contribution in [0.2, 0.25) is 0 Å². The molecule has 0 amide bonds. The second-order valence-corrected chi connectivity index (χ2v) is 10.8. The lowest BCUT2D eigenvalue weighted by Crippen LogP contribution is -2.33. The summed E-state index contributed by atoms with van der Waals surface area (Å²) in [5, 5.41) is 3.38. The van der Waals surface area contributed by atoms with E-state index in [2.05, 4.69) is 25.0 Å². The van der Waals surface area contributed by atoms with E-state index in [4.69, 9.17) is 10.5 Å². The monoisotopic (exact) mass is 514 g/mol. The number of nitrogens with two attached hydrogens (primary N) is 1. The Morgan fingerprint density at radius 2 is 1.92 bits per heavy atom. The van der Waals surface area contributed by atoms with Crippen LogP contribution < -0.4 is 20.5 Å². The van der Waals surface area contributed by atoms with Crippen molar-refractivity contribution in [1.29, 1.82) is 0 Å². The second-order valence-electron chi connectivity index (χ2n) is 9.00. The van der Waals surface area contributed by atoms with Crippen LogP contribution >= 0.6 is 0 Å². The number of sulfonamides is 1. The van der Waals surface area contributed by atoms with E-state index < -0.39 is 15.8 Å². The predicted molar refractivity (Wildman–Crippen MR) is 138 cm³/mol. The van der Waals surface area contributed by atoms with E-state index in [0.717, 1.165) is 31.7 Å². The van der Waals surface area contributed by atoms with Crippen LogP contribution in [0.4, 0.5) is 16.0 Å². The Kier molecular flexibility index (Phi) is 8.00.